The molecule has 0 N–H and O–H groups in total. The number of aromatic nitrogens is 7. The second-order valence-corrected chi connectivity index (χ2v) is 11.1. The first-order chi connectivity index (χ1) is 18.9. The van der Waals surface area contributed by atoms with Crippen LogP contribution in [-0.2, 0) is 26.7 Å². The van der Waals surface area contributed by atoms with Crippen LogP contribution in [0, 0.1) is 23.2 Å². The van der Waals surface area contributed by atoms with Crippen LogP contribution in [0.1, 0.15) is 36.9 Å². The van der Waals surface area contributed by atoms with Gasteiger partial charge in [0.2, 0.25) is 0 Å². The first-order valence-corrected chi connectivity index (χ1v) is 13.5. The van der Waals surface area contributed by atoms with E-state index in [1.807, 2.05) is 18.2 Å². The lowest BCUT2D eigenvalue weighted by molar-refractivity contribution is 0.518. The summed E-state index contributed by atoms with van der Waals surface area (Å²) in [6, 6.07) is 9.51. The Kier molecular flexibility index (Phi) is 5.45. The monoisotopic (exact) mass is 540 g/mol. The molecular formula is C28H25ClN8O2. The highest BCUT2D eigenvalue weighted by Gasteiger charge is 2.31. The molecule has 2 aliphatic rings. The van der Waals surface area contributed by atoms with Crippen molar-refractivity contribution in [2.24, 2.45) is 18.9 Å². The van der Waals surface area contributed by atoms with E-state index >= 15 is 0 Å². The van der Waals surface area contributed by atoms with Crippen molar-refractivity contribution in [2.75, 3.05) is 0 Å². The van der Waals surface area contributed by atoms with Crippen LogP contribution in [0.4, 0.5) is 0 Å². The lowest BCUT2D eigenvalue weighted by Gasteiger charge is -2.11. The average molecular weight is 541 g/mol. The van der Waals surface area contributed by atoms with Crippen molar-refractivity contribution in [1.82, 2.24) is 33.4 Å². The normalized spacial score (nSPS) is 15.3. The molecule has 0 amide bonds. The van der Waals surface area contributed by atoms with E-state index in [1.54, 1.807) is 39.3 Å². The summed E-state index contributed by atoms with van der Waals surface area (Å²) in [7, 11) is 1.79. The minimum atomic E-state index is -0.362. The summed E-state index contributed by atoms with van der Waals surface area (Å²) in [4.78, 5) is 36.7. The number of hydrogen-bond acceptors (Lipinski definition) is 6. The lowest BCUT2D eigenvalue weighted by Crippen LogP contribution is -2.40. The molecule has 1 aromatic carbocycles. The fourth-order valence-electron chi connectivity index (χ4n) is 5.29. The van der Waals surface area contributed by atoms with Gasteiger partial charge >= 0.3 is 5.69 Å². The number of rotatable bonds is 7. The standard InChI is InChI=1S/C28H25ClN8O2/c1-34-15-20(11-30)32-26(34)24-23-25(33-37(24)14-18-8-9-31-22-7-6-19(29)10-21(18)22)35(12-16-2-3-16)28(39)36(27(23)38)13-17-4-5-17/h6-10,15-17H,2-5,12-14H2,1H3. The van der Waals surface area contributed by atoms with E-state index in [2.05, 4.69) is 16.0 Å². The summed E-state index contributed by atoms with van der Waals surface area (Å²) >= 11 is 6.33. The van der Waals surface area contributed by atoms with Crippen molar-refractivity contribution in [3.05, 3.63) is 73.8 Å². The zero-order valence-electron chi connectivity index (χ0n) is 21.3. The predicted octanol–water partition coefficient (Wildman–Crippen LogP) is 3.70. The van der Waals surface area contributed by atoms with Crippen molar-refractivity contribution < 1.29 is 0 Å². The quantitative estimate of drug-likeness (QED) is 0.311. The second kappa shape index (κ2) is 8.92. The Morgan fingerprint density at radius 2 is 1.82 bits per heavy atom. The van der Waals surface area contributed by atoms with E-state index in [1.165, 1.54) is 4.57 Å². The Hall–Kier alpha value is -4.23. The molecule has 4 heterocycles. The Bertz CT molecular complexity index is 1950. The van der Waals surface area contributed by atoms with Gasteiger partial charge in [-0.3, -0.25) is 23.6 Å². The molecule has 2 aliphatic carbocycles. The molecule has 7 rings (SSSR count). The predicted molar refractivity (Wildman–Crippen MR) is 146 cm³/mol. The highest BCUT2D eigenvalue weighted by atomic mass is 35.5. The van der Waals surface area contributed by atoms with E-state index in [0.29, 0.717) is 52.5 Å². The van der Waals surface area contributed by atoms with Gasteiger partial charge in [-0.05, 0) is 67.3 Å². The molecule has 196 valence electrons. The minimum Gasteiger partial charge on any atom is -0.331 e. The zero-order valence-corrected chi connectivity index (χ0v) is 22.1. The van der Waals surface area contributed by atoms with E-state index < -0.39 is 0 Å². The minimum absolute atomic E-state index is 0.235. The molecule has 0 unspecified atom stereocenters. The van der Waals surface area contributed by atoms with Gasteiger partial charge in [-0.25, -0.2) is 9.78 Å². The molecule has 2 saturated carbocycles. The summed E-state index contributed by atoms with van der Waals surface area (Å²) < 4.78 is 6.52. The number of imidazole rings is 1. The topological polar surface area (TPSA) is 116 Å². The van der Waals surface area contributed by atoms with Crippen LogP contribution in [0.25, 0.3) is 33.5 Å². The number of nitrogens with zero attached hydrogens (tertiary/aromatic N) is 8. The molecule has 0 spiro atoms. The smallest absolute Gasteiger partial charge is 0.331 e. The van der Waals surface area contributed by atoms with Gasteiger partial charge in [-0.15, -0.1) is 0 Å². The fraction of sp³-hybridized carbons (Fsp3) is 0.357. The van der Waals surface area contributed by atoms with Crippen molar-refractivity contribution in [3.63, 3.8) is 0 Å². The number of halogens is 1. The fourth-order valence-corrected chi connectivity index (χ4v) is 5.46. The molecule has 0 bridgehead atoms. The largest absolute Gasteiger partial charge is 0.332 e. The Morgan fingerprint density at radius 1 is 1.08 bits per heavy atom. The maximum atomic E-state index is 14.0. The van der Waals surface area contributed by atoms with Crippen molar-refractivity contribution >= 4 is 33.5 Å². The van der Waals surface area contributed by atoms with Crippen LogP contribution in [0.2, 0.25) is 5.02 Å². The maximum Gasteiger partial charge on any atom is 0.332 e. The molecule has 11 heteroatoms. The number of benzene rings is 1. The van der Waals surface area contributed by atoms with Gasteiger partial charge in [0.25, 0.3) is 5.56 Å². The summed E-state index contributed by atoms with van der Waals surface area (Å²) in [6.07, 6.45) is 7.50. The third-order valence-electron chi connectivity index (χ3n) is 7.70. The lowest BCUT2D eigenvalue weighted by atomic mass is 10.1. The summed E-state index contributed by atoms with van der Waals surface area (Å²) in [6.45, 7) is 1.22. The number of hydrogen-bond donors (Lipinski definition) is 0. The highest BCUT2D eigenvalue weighted by molar-refractivity contribution is 6.31. The summed E-state index contributed by atoms with van der Waals surface area (Å²) in [5.74, 6) is 1.18. The Morgan fingerprint density at radius 3 is 2.51 bits per heavy atom. The number of aryl methyl sites for hydroxylation is 1. The molecule has 0 aliphatic heterocycles. The van der Waals surface area contributed by atoms with E-state index in [0.717, 1.165) is 42.1 Å². The van der Waals surface area contributed by atoms with E-state index in [-0.39, 0.29) is 23.5 Å². The van der Waals surface area contributed by atoms with Crippen LogP contribution in [0.3, 0.4) is 0 Å². The van der Waals surface area contributed by atoms with E-state index in [4.69, 9.17) is 16.7 Å². The Labute approximate surface area is 227 Å². The molecule has 5 aromatic rings. The second-order valence-electron chi connectivity index (χ2n) is 10.7. The van der Waals surface area contributed by atoms with Crippen LogP contribution < -0.4 is 11.2 Å². The average Bonchev–Trinajstić information content (AvgIpc) is 3.85. The molecule has 4 aromatic heterocycles. The van der Waals surface area contributed by atoms with Gasteiger partial charge in [0.1, 0.15) is 17.1 Å². The zero-order chi connectivity index (χ0) is 26.8. The van der Waals surface area contributed by atoms with Gasteiger partial charge < -0.3 is 4.57 Å². The van der Waals surface area contributed by atoms with Crippen molar-refractivity contribution in [3.8, 4) is 17.6 Å². The van der Waals surface area contributed by atoms with Gasteiger partial charge in [-0.2, -0.15) is 10.4 Å². The van der Waals surface area contributed by atoms with Crippen LogP contribution in [0.15, 0.2) is 46.2 Å². The third kappa shape index (κ3) is 4.14. The molecule has 0 saturated heterocycles. The van der Waals surface area contributed by atoms with Gasteiger partial charge in [0.05, 0.1) is 12.1 Å². The molecule has 10 nitrogen and oxygen atoms in total. The molecule has 39 heavy (non-hydrogen) atoms. The highest BCUT2D eigenvalue weighted by Crippen LogP contribution is 2.34. The SMILES string of the molecule is Cn1cc(C#N)nc1-c1c2c(=O)n(CC3CC3)c(=O)n(CC3CC3)c2nn1Cc1ccnc2ccc(Cl)cc12. The number of pyridine rings is 1. The summed E-state index contributed by atoms with van der Waals surface area (Å²) in [5, 5.41) is 16.3. The Balaban J connectivity index is 1.53. The van der Waals surface area contributed by atoms with Crippen LogP contribution in [-0.4, -0.2) is 33.4 Å². The number of nitriles is 1. The molecule has 2 fully saturated rings. The van der Waals surface area contributed by atoms with Crippen molar-refractivity contribution in [2.45, 2.75) is 45.3 Å². The van der Waals surface area contributed by atoms with Crippen LogP contribution in [0.5, 0.6) is 0 Å². The van der Waals surface area contributed by atoms with E-state index in [9.17, 15) is 14.9 Å². The molecule has 0 atom stereocenters. The van der Waals surface area contributed by atoms with Gasteiger partial charge in [0.15, 0.2) is 17.2 Å². The molecule has 0 radical (unpaired) electrons. The third-order valence-corrected chi connectivity index (χ3v) is 7.94. The first-order valence-electron chi connectivity index (χ1n) is 13.1. The maximum absolute atomic E-state index is 14.0. The van der Waals surface area contributed by atoms with Gasteiger partial charge in [0, 0.05) is 42.9 Å². The van der Waals surface area contributed by atoms with Crippen molar-refractivity contribution in [1.29, 1.82) is 5.26 Å². The number of fused-ring (bicyclic) bond motifs is 2. The van der Waals surface area contributed by atoms with Crippen LogP contribution >= 0.6 is 11.6 Å². The first kappa shape index (κ1) is 23.9. The van der Waals surface area contributed by atoms with Gasteiger partial charge in [-0.1, -0.05) is 11.6 Å². The summed E-state index contributed by atoms with van der Waals surface area (Å²) in [5.41, 5.74) is 2.11. The molecular weight excluding hydrogens is 516 g/mol.